The van der Waals surface area contributed by atoms with Gasteiger partial charge in [-0.1, -0.05) is 18.2 Å². The van der Waals surface area contributed by atoms with Crippen LogP contribution in [0.3, 0.4) is 0 Å². The van der Waals surface area contributed by atoms with Crippen LogP contribution in [-0.4, -0.2) is 24.8 Å². The van der Waals surface area contributed by atoms with Crippen LogP contribution in [-0.2, 0) is 16.0 Å². The Morgan fingerprint density at radius 3 is 2.53 bits per heavy atom. The van der Waals surface area contributed by atoms with Gasteiger partial charge in [-0.25, -0.2) is 0 Å². The molecule has 0 saturated carbocycles. The molecule has 0 fully saturated rings. The van der Waals surface area contributed by atoms with E-state index in [2.05, 4.69) is 10.9 Å². The van der Waals surface area contributed by atoms with Gasteiger partial charge in [0.25, 0.3) is 5.91 Å². The number of carbonyl (C=O) groups is 2. The van der Waals surface area contributed by atoms with Crippen LogP contribution in [0.5, 0.6) is 5.75 Å². The van der Waals surface area contributed by atoms with Gasteiger partial charge in [0.1, 0.15) is 11.6 Å². The van der Waals surface area contributed by atoms with Gasteiger partial charge < -0.3 is 4.74 Å². The molecule has 0 aromatic heterocycles. The van der Waals surface area contributed by atoms with Gasteiger partial charge in [0.2, 0.25) is 5.91 Å². The van der Waals surface area contributed by atoms with Gasteiger partial charge >= 0.3 is 0 Å². The number of alkyl halides is 1. The van der Waals surface area contributed by atoms with Crippen molar-refractivity contribution >= 4 is 23.4 Å². The lowest BCUT2D eigenvalue weighted by Crippen LogP contribution is -2.43. The summed E-state index contributed by atoms with van der Waals surface area (Å²) in [7, 11) is 1.53. The Morgan fingerprint density at radius 1 is 1.24 bits per heavy atom. The third-order valence-corrected chi connectivity index (χ3v) is 2.25. The molecular weight excluding hydrogens is 244 g/mol. The van der Waals surface area contributed by atoms with E-state index in [1.165, 1.54) is 7.11 Å². The average Bonchev–Trinajstić information content (AvgIpc) is 2.36. The lowest BCUT2D eigenvalue weighted by atomic mass is 10.1. The van der Waals surface area contributed by atoms with E-state index in [1.807, 2.05) is 12.1 Å². The maximum atomic E-state index is 11.5. The number of carbonyl (C=O) groups excluding carboxylic acids is 2. The molecule has 5 nitrogen and oxygen atoms in total. The van der Waals surface area contributed by atoms with E-state index in [4.69, 9.17) is 16.3 Å². The molecule has 2 N–H and O–H groups in total. The third kappa shape index (κ3) is 4.32. The summed E-state index contributed by atoms with van der Waals surface area (Å²) in [5, 5.41) is 0. The highest BCUT2D eigenvalue weighted by Crippen LogP contribution is 2.17. The predicted molar refractivity (Wildman–Crippen MR) is 63.7 cm³/mol. The second-order valence-corrected chi connectivity index (χ2v) is 3.49. The van der Waals surface area contributed by atoms with Crippen molar-refractivity contribution in [1.82, 2.24) is 10.9 Å². The van der Waals surface area contributed by atoms with E-state index in [-0.39, 0.29) is 18.2 Å². The minimum atomic E-state index is -0.458. The maximum Gasteiger partial charge on any atom is 0.253 e. The SMILES string of the molecule is COc1ccccc1CC(=O)NNC(=O)CCl. The topological polar surface area (TPSA) is 67.4 Å². The van der Waals surface area contributed by atoms with Crippen molar-refractivity contribution in [2.45, 2.75) is 6.42 Å². The number of ether oxygens (including phenoxy) is 1. The first-order valence-corrected chi connectivity index (χ1v) is 5.46. The summed E-state index contributed by atoms with van der Waals surface area (Å²) in [6.45, 7) is 0. The van der Waals surface area contributed by atoms with Crippen molar-refractivity contribution in [3.63, 3.8) is 0 Å². The van der Waals surface area contributed by atoms with Crippen LogP contribution in [0.4, 0.5) is 0 Å². The van der Waals surface area contributed by atoms with Crippen molar-refractivity contribution in [3.8, 4) is 5.75 Å². The lowest BCUT2D eigenvalue weighted by Gasteiger charge is -2.08. The molecule has 0 aliphatic carbocycles. The van der Waals surface area contributed by atoms with E-state index in [0.717, 1.165) is 5.56 Å². The van der Waals surface area contributed by atoms with Gasteiger partial charge in [0, 0.05) is 5.56 Å². The Kier molecular flexibility index (Phi) is 5.29. The summed E-state index contributed by atoms with van der Waals surface area (Å²) >= 11 is 5.26. The number of methoxy groups -OCH3 is 1. The first-order chi connectivity index (χ1) is 8.17. The number of rotatable bonds is 4. The van der Waals surface area contributed by atoms with Gasteiger partial charge in [-0.3, -0.25) is 20.4 Å². The number of hydrazine groups is 1. The molecule has 92 valence electrons. The number of amides is 2. The standard InChI is InChI=1S/C11H13ClN2O3/c1-17-9-5-3-2-4-8(9)6-10(15)13-14-11(16)7-12/h2-5H,6-7H2,1H3,(H,13,15)(H,14,16). The Balaban J connectivity index is 2.53. The number of halogens is 1. The monoisotopic (exact) mass is 256 g/mol. The van der Waals surface area contributed by atoms with Gasteiger partial charge in [0.15, 0.2) is 0 Å². The third-order valence-electron chi connectivity index (χ3n) is 2.01. The van der Waals surface area contributed by atoms with Crippen LogP contribution in [0.15, 0.2) is 24.3 Å². The molecule has 17 heavy (non-hydrogen) atoms. The zero-order valence-corrected chi connectivity index (χ0v) is 10.1. The first kappa shape index (κ1) is 13.3. The minimum absolute atomic E-state index is 0.118. The van der Waals surface area contributed by atoms with Crippen molar-refractivity contribution in [1.29, 1.82) is 0 Å². The molecule has 1 aromatic rings. The van der Waals surface area contributed by atoms with Crippen LogP contribution in [0.2, 0.25) is 0 Å². The molecule has 0 unspecified atom stereocenters. The number of hydrogen-bond acceptors (Lipinski definition) is 3. The van der Waals surface area contributed by atoms with E-state index >= 15 is 0 Å². The molecular formula is C11H13ClN2O3. The number of benzene rings is 1. The zero-order chi connectivity index (χ0) is 12.7. The Labute approximate surface area is 104 Å². The normalized spacial score (nSPS) is 9.53. The molecule has 1 rings (SSSR count). The molecule has 1 aromatic carbocycles. The molecule has 0 aliphatic heterocycles. The molecule has 6 heteroatoms. The summed E-state index contributed by atoms with van der Waals surface area (Å²) in [6, 6.07) is 7.17. The summed E-state index contributed by atoms with van der Waals surface area (Å²) in [6.07, 6.45) is 0.118. The molecule has 0 bridgehead atoms. The molecule has 0 heterocycles. The summed E-state index contributed by atoms with van der Waals surface area (Å²) < 4.78 is 5.10. The fourth-order valence-corrected chi connectivity index (χ4v) is 1.31. The number of hydrogen-bond donors (Lipinski definition) is 2. The van der Waals surface area contributed by atoms with Crippen LogP contribution in [0.1, 0.15) is 5.56 Å². The zero-order valence-electron chi connectivity index (χ0n) is 9.33. The lowest BCUT2D eigenvalue weighted by molar-refractivity contribution is -0.127. The summed E-state index contributed by atoms with van der Waals surface area (Å²) in [5.41, 5.74) is 5.18. The van der Waals surface area contributed by atoms with E-state index in [9.17, 15) is 9.59 Å². The first-order valence-electron chi connectivity index (χ1n) is 4.93. The second kappa shape index (κ2) is 6.75. The fraction of sp³-hybridized carbons (Fsp3) is 0.273. The highest BCUT2D eigenvalue weighted by Gasteiger charge is 2.08. The van der Waals surface area contributed by atoms with Crippen LogP contribution >= 0.6 is 11.6 Å². The fourth-order valence-electron chi connectivity index (χ4n) is 1.24. The molecule has 2 amide bonds. The minimum Gasteiger partial charge on any atom is -0.496 e. The maximum absolute atomic E-state index is 11.5. The number of para-hydroxylation sites is 1. The van der Waals surface area contributed by atoms with Gasteiger partial charge in [-0.2, -0.15) is 0 Å². The molecule has 0 aliphatic rings. The Hall–Kier alpha value is -1.75. The molecule has 0 atom stereocenters. The molecule has 0 radical (unpaired) electrons. The van der Waals surface area contributed by atoms with Gasteiger partial charge in [-0.15, -0.1) is 11.6 Å². The smallest absolute Gasteiger partial charge is 0.253 e. The van der Waals surface area contributed by atoms with Gasteiger partial charge in [0.05, 0.1) is 13.5 Å². The van der Waals surface area contributed by atoms with Crippen molar-refractivity contribution in [2.75, 3.05) is 13.0 Å². The van der Waals surface area contributed by atoms with Gasteiger partial charge in [-0.05, 0) is 6.07 Å². The highest BCUT2D eigenvalue weighted by atomic mass is 35.5. The van der Waals surface area contributed by atoms with Crippen LogP contribution < -0.4 is 15.6 Å². The summed E-state index contributed by atoms with van der Waals surface area (Å²) in [5.74, 6) is -0.367. The molecule has 0 saturated heterocycles. The summed E-state index contributed by atoms with van der Waals surface area (Å²) in [4.78, 5) is 22.3. The quantitative estimate of drug-likeness (QED) is 0.613. The van der Waals surface area contributed by atoms with Crippen LogP contribution in [0.25, 0.3) is 0 Å². The second-order valence-electron chi connectivity index (χ2n) is 3.22. The van der Waals surface area contributed by atoms with E-state index < -0.39 is 5.91 Å². The highest BCUT2D eigenvalue weighted by molar-refractivity contribution is 6.27. The number of nitrogens with one attached hydrogen (secondary N) is 2. The van der Waals surface area contributed by atoms with E-state index in [0.29, 0.717) is 5.75 Å². The molecule has 0 spiro atoms. The van der Waals surface area contributed by atoms with Crippen LogP contribution in [0, 0.1) is 0 Å². The average molecular weight is 257 g/mol. The Bertz CT molecular complexity index is 409. The van der Waals surface area contributed by atoms with E-state index in [1.54, 1.807) is 12.1 Å². The Morgan fingerprint density at radius 2 is 1.88 bits per heavy atom. The van der Waals surface area contributed by atoms with Crippen molar-refractivity contribution in [2.24, 2.45) is 0 Å². The van der Waals surface area contributed by atoms with Crippen molar-refractivity contribution in [3.05, 3.63) is 29.8 Å². The van der Waals surface area contributed by atoms with Crippen molar-refractivity contribution < 1.29 is 14.3 Å². The predicted octanol–water partition coefficient (Wildman–Crippen LogP) is 0.624. The largest absolute Gasteiger partial charge is 0.496 e.